The Kier molecular flexibility index (Phi) is 6.76. The highest BCUT2D eigenvalue weighted by atomic mass is 16.5. The normalized spacial score (nSPS) is 16.0. The zero-order valence-electron chi connectivity index (χ0n) is 18.7. The van der Waals surface area contributed by atoms with Gasteiger partial charge in [0, 0.05) is 37.4 Å². The smallest absolute Gasteiger partial charge is 0.325 e. The largest absolute Gasteiger partial charge is 0.492 e. The second-order valence-electron chi connectivity index (χ2n) is 7.97. The first kappa shape index (κ1) is 21.9. The molecule has 1 unspecified atom stereocenters. The summed E-state index contributed by atoms with van der Waals surface area (Å²) in [6, 6.07) is 23.6. The van der Waals surface area contributed by atoms with Crippen LogP contribution in [0.2, 0.25) is 0 Å². The molecule has 0 fully saturated rings. The molecule has 3 aromatic rings. The van der Waals surface area contributed by atoms with Crippen LogP contribution in [-0.2, 0) is 11.3 Å². The number of rotatable bonds is 7. The summed E-state index contributed by atoms with van der Waals surface area (Å²) in [4.78, 5) is 16.6. The number of aliphatic carboxylic acids is 1. The van der Waals surface area contributed by atoms with Crippen molar-refractivity contribution < 1.29 is 14.6 Å². The first-order valence-corrected chi connectivity index (χ1v) is 11.2. The van der Waals surface area contributed by atoms with Crippen molar-refractivity contribution in [2.24, 2.45) is 0 Å². The maximum Gasteiger partial charge on any atom is 0.325 e. The van der Waals surface area contributed by atoms with Gasteiger partial charge >= 0.3 is 5.97 Å². The van der Waals surface area contributed by atoms with Gasteiger partial charge in [-0.3, -0.25) is 9.69 Å². The van der Waals surface area contributed by atoms with Crippen LogP contribution in [0.3, 0.4) is 0 Å². The minimum absolute atomic E-state index is 0.460. The van der Waals surface area contributed by atoms with E-state index in [0.717, 1.165) is 29.8 Å². The van der Waals surface area contributed by atoms with Crippen molar-refractivity contribution in [3.05, 3.63) is 83.9 Å². The summed E-state index contributed by atoms with van der Waals surface area (Å²) in [7, 11) is 0. The molecule has 1 N–H and O–H groups in total. The fourth-order valence-electron chi connectivity index (χ4n) is 4.50. The van der Waals surface area contributed by atoms with E-state index in [1.54, 1.807) is 0 Å². The van der Waals surface area contributed by atoms with E-state index in [1.165, 1.54) is 5.69 Å². The molecule has 0 bridgehead atoms. The van der Waals surface area contributed by atoms with E-state index in [9.17, 15) is 9.90 Å². The Labute approximate surface area is 189 Å². The molecular formula is C27H30N2O3. The van der Waals surface area contributed by atoms with Gasteiger partial charge in [0.1, 0.15) is 18.4 Å². The van der Waals surface area contributed by atoms with E-state index in [-0.39, 0.29) is 0 Å². The van der Waals surface area contributed by atoms with Gasteiger partial charge in [-0.25, -0.2) is 0 Å². The molecule has 0 spiro atoms. The van der Waals surface area contributed by atoms with Gasteiger partial charge in [-0.15, -0.1) is 0 Å². The van der Waals surface area contributed by atoms with Gasteiger partial charge in [0.25, 0.3) is 0 Å². The number of hydrogen-bond donors (Lipinski definition) is 1. The van der Waals surface area contributed by atoms with Gasteiger partial charge in [-0.05, 0) is 48.7 Å². The Morgan fingerprint density at radius 2 is 1.69 bits per heavy atom. The summed E-state index contributed by atoms with van der Waals surface area (Å²) >= 11 is 0. The molecule has 166 valence electrons. The second-order valence-corrected chi connectivity index (χ2v) is 7.97. The molecular weight excluding hydrogens is 400 g/mol. The highest BCUT2D eigenvalue weighted by Crippen LogP contribution is 2.35. The Bertz CT molecular complexity index is 1060. The van der Waals surface area contributed by atoms with Crippen LogP contribution >= 0.6 is 0 Å². The molecule has 1 aliphatic rings. The van der Waals surface area contributed by atoms with Gasteiger partial charge in [0.2, 0.25) is 0 Å². The molecule has 4 rings (SSSR count). The number of para-hydroxylation sites is 1. The Morgan fingerprint density at radius 3 is 2.41 bits per heavy atom. The first-order chi connectivity index (χ1) is 15.6. The lowest BCUT2D eigenvalue weighted by Gasteiger charge is -2.27. The van der Waals surface area contributed by atoms with E-state index in [0.29, 0.717) is 31.0 Å². The third-order valence-corrected chi connectivity index (χ3v) is 6.15. The molecule has 0 saturated carbocycles. The topological polar surface area (TPSA) is 53.0 Å². The van der Waals surface area contributed by atoms with E-state index in [4.69, 9.17) is 4.74 Å². The molecule has 0 aromatic heterocycles. The predicted molar refractivity (Wildman–Crippen MR) is 128 cm³/mol. The number of anilines is 1. The Balaban J connectivity index is 1.65. The SMILES string of the molecule is CCN(CC)c1ccc(-c2ccccc2CN2CCOc3ccccc3C2C(=O)O)cc1. The predicted octanol–water partition coefficient (Wildman–Crippen LogP) is 5.22. The maximum atomic E-state index is 12.3. The van der Waals surface area contributed by atoms with Crippen molar-refractivity contribution in [1.29, 1.82) is 0 Å². The molecule has 0 radical (unpaired) electrons. The quantitative estimate of drug-likeness (QED) is 0.557. The number of carboxylic acids is 1. The number of carbonyl (C=O) groups is 1. The van der Waals surface area contributed by atoms with Gasteiger partial charge in [0.05, 0.1) is 0 Å². The number of nitrogens with zero attached hydrogens (tertiary/aromatic N) is 2. The molecule has 5 heteroatoms. The summed E-state index contributed by atoms with van der Waals surface area (Å²) in [5.41, 5.74) is 5.28. The Hall–Kier alpha value is -3.31. The average molecular weight is 431 g/mol. The van der Waals surface area contributed by atoms with Crippen LogP contribution in [0.5, 0.6) is 5.75 Å². The lowest BCUT2D eigenvalue weighted by atomic mass is 9.97. The molecule has 1 aliphatic heterocycles. The molecule has 32 heavy (non-hydrogen) atoms. The van der Waals surface area contributed by atoms with Crippen molar-refractivity contribution >= 4 is 11.7 Å². The zero-order chi connectivity index (χ0) is 22.5. The maximum absolute atomic E-state index is 12.3. The summed E-state index contributed by atoms with van der Waals surface area (Å²) in [6.07, 6.45) is 0. The van der Waals surface area contributed by atoms with E-state index >= 15 is 0 Å². The highest BCUT2D eigenvalue weighted by Gasteiger charge is 2.32. The minimum Gasteiger partial charge on any atom is -0.492 e. The lowest BCUT2D eigenvalue weighted by molar-refractivity contribution is -0.143. The zero-order valence-corrected chi connectivity index (χ0v) is 18.7. The van der Waals surface area contributed by atoms with E-state index in [2.05, 4.69) is 55.1 Å². The van der Waals surface area contributed by atoms with E-state index in [1.807, 2.05) is 41.3 Å². The van der Waals surface area contributed by atoms with Crippen molar-refractivity contribution in [1.82, 2.24) is 4.90 Å². The summed E-state index contributed by atoms with van der Waals surface area (Å²) in [5.74, 6) is -0.202. The fourth-order valence-corrected chi connectivity index (χ4v) is 4.50. The molecule has 3 aromatic carbocycles. The van der Waals surface area contributed by atoms with Crippen molar-refractivity contribution in [2.45, 2.75) is 26.4 Å². The Morgan fingerprint density at radius 1 is 1.00 bits per heavy atom. The van der Waals surface area contributed by atoms with Crippen molar-refractivity contribution in [3.8, 4) is 16.9 Å². The molecule has 1 atom stereocenters. The van der Waals surface area contributed by atoms with Crippen LogP contribution in [0, 0.1) is 0 Å². The molecule has 0 saturated heterocycles. The molecule has 1 heterocycles. The number of hydrogen-bond acceptors (Lipinski definition) is 4. The highest BCUT2D eigenvalue weighted by molar-refractivity contribution is 5.77. The first-order valence-electron chi connectivity index (χ1n) is 11.2. The fraction of sp³-hybridized carbons (Fsp3) is 0.296. The molecule has 5 nitrogen and oxygen atoms in total. The average Bonchev–Trinajstić information content (AvgIpc) is 3.00. The van der Waals surface area contributed by atoms with Gasteiger partial charge < -0.3 is 14.7 Å². The van der Waals surface area contributed by atoms with Gasteiger partial charge in [0.15, 0.2) is 0 Å². The summed E-state index contributed by atoms with van der Waals surface area (Å²) < 4.78 is 5.86. The molecule has 0 aliphatic carbocycles. The number of benzene rings is 3. The lowest BCUT2D eigenvalue weighted by Crippen LogP contribution is -2.34. The van der Waals surface area contributed by atoms with Crippen LogP contribution < -0.4 is 9.64 Å². The minimum atomic E-state index is -0.857. The third kappa shape index (κ3) is 4.48. The number of ether oxygens (including phenoxy) is 1. The number of carboxylic acid groups (broad SMARTS) is 1. The van der Waals surface area contributed by atoms with Crippen LogP contribution in [0.1, 0.15) is 31.0 Å². The van der Waals surface area contributed by atoms with Gasteiger partial charge in [-0.2, -0.15) is 0 Å². The van der Waals surface area contributed by atoms with Gasteiger partial charge in [-0.1, -0.05) is 54.6 Å². The van der Waals surface area contributed by atoms with Crippen LogP contribution in [-0.4, -0.2) is 42.2 Å². The number of fused-ring (bicyclic) bond motifs is 1. The van der Waals surface area contributed by atoms with Crippen LogP contribution in [0.25, 0.3) is 11.1 Å². The second kappa shape index (κ2) is 9.88. The van der Waals surface area contributed by atoms with Crippen LogP contribution in [0.4, 0.5) is 5.69 Å². The van der Waals surface area contributed by atoms with E-state index < -0.39 is 12.0 Å². The van der Waals surface area contributed by atoms with Crippen molar-refractivity contribution in [2.75, 3.05) is 31.1 Å². The summed E-state index contributed by atoms with van der Waals surface area (Å²) in [5, 5.41) is 10.1. The van der Waals surface area contributed by atoms with Crippen LogP contribution in [0.15, 0.2) is 72.8 Å². The van der Waals surface area contributed by atoms with Crippen molar-refractivity contribution in [3.63, 3.8) is 0 Å². The summed E-state index contributed by atoms with van der Waals surface area (Å²) in [6.45, 7) is 7.80. The standard InChI is InChI=1S/C27H30N2O3/c1-3-28(4-2)22-15-13-20(14-16-22)23-10-6-5-9-21(23)19-29-17-18-32-25-12-8-7-11-24(25)26(29)27(30)31/h5-16,26H,3-4,17-19H2,1-2H3,(H,30,31). The molecule has 0 amide bonds. The third-order valence-electron chi connectivity index (χ3n) is 6.15. The monoisotopic (exact) mass is 430 g/mol.